The van der Waals surface area contributed by atoms with Gasteiger partial charge in [-0.15, -0.1) is 6.58 Å². The van der Waals surface area contributed by atoms with E-state index in [1.807, 2.05) is 0 Å². The quantitative estimate of drug-likeness (QED) is 0.284. The zero-order valence-corrected chi connectivity index (χ0v) is 10.3. The molecule has 0 aliphatic rings. The fourth-order valence-electron chi connectivity index (χ4n) is 1.19. The lowest BCUT2D eigenvalue weighted by molar-refractivity contribution is -0.137. The normalized spacial score (nSPS) is 11.9. The predicted octanol–water partition coefficient (Wildman–Crippen LogP) is 4.16. The Hall–Kier alpha value is -0.760. The molecule has 0 saturated heterocycles. The molecule has 3 heteroatoms. The average Bonchev–Trinajstić information content (AvgIpc) is 2.16. The van der Waals surface area contributed by atoms with Crippen LogP contribution in [0, 0.1) is 0 Å². The van der Waals surface area contributed by atoms with E-state index in [-0.39, 0.29) is 5.97 Å². The average molecular weight is 231 g/mol. The molecule has 86 valence electrons. The van der Waals surface area contributed by atoms with Crippen LogP contribution in [0.1, 0.15) is 46.0 Å². The fourth-order valence-corrected chi connectivity index (χ4v) is 1.43. The maximum absolute atomic E-state index is 10.9. The lowest BCUT2D eigenvalue weighted by atomic mass is 10.1. The van der Waals surface area contributed by atoms with Gasteiger partial charge in [-0.2, -0.15) is 0 Å². The molecule has 0 rings (SSSR count). The number of halogens is 1. The van der Waals surface area contributed by atoms with Gasteiger partial charge in [0.2, 0.25) is 0 Å². The molecule has 0 N–H and O–H groups in total. The maximum atomic E-state index is 10.9. The Bertz CT molecular complexity index is 244. The number of ether oxygens (including phenoxy) is 1. The van der Waals surface area contributed by atoms with Crippen LogP contribution >= 0.6 is 11.6 Å². The number of carbonyl (C=O) groups is 1. The monoisotopic (exact) mass is 230 g/mol. The minimum absolute atomic E-state index is 0.316. The number of unbranched alkanes of at least 4 members (excludes halogenated alkanes) is 2. The first-order chi connectivity index (χ1) is 7.11. The summed E-state index contributed by atoms with van der Waals surface area (Å²) >= 11 is 6.00. The van der Waals surface area contributed by atoms with Gasteiger partial charge >= 0.3 is 5.97 Å². The van der Waals surface area contributed by atoms with Crippen molar-refractivity contribution in [1.82, 2.24) is 0 Å². The van der Waals surface area contributed by atoms with Crippen LogP contribution in [0.15, 0.2) is 23.4 Å². The van der Waals surface area contributed by atoms with Gasteiger partial charge in [-0.05, 0) is 6.42 Å². The Morgan fingerprint density at radius 1 is 1.47 bits per heavy atom. The van der Waals surface area contributed by atoms with Crippen molar-refractivity contribution < 1.29 is 9.53 Å². The van der Waals surface area contributed by atoms with Crippen LogP contribution in [0.2, 0.25) is 0 Å². The summed E-state index contributed by atoms with van der Waals surface area (Å²) in [5.74, 6) is 0.279. The van der Waals surface area contributed by atoms with Gasteiger partial charge in [0.15, 0.2) is 0 Å². The van der Waals surface area contributed by atoms with Crippen LogP contribution in [0.4, 0.5) is 0 Å². The van der Waals surface area contributed by atoms with Crippen molar-refractivity contribution in [1.29, 1.82) is 0 Å². The second-order valence-electron chi connectivity index (χ2n) is 3.37. The Morgan fingerprint density at radius 3 is 2.60 bits per heavy atom. The first kappa shape index (κ1) is 14.2. The molecule has 2 nitrogen and oxygen atoms in total. The smallest absolute Gasteiger partial charge is 0.307 e. The van der Waals surface area contributed by atoms with E-state index in [2.05, 4.69) is 13.5 Å². The third kappa shape index (κ3) is 7.20. The molecule has 0 unspecified atom stereocenters. The minimum Gasteiger partial charge on any atom is -0.430 e. The van der Waals surface area contributed by atoms with Crippen molar-refractivity contribution in [3.05, 3.63) is 23.4 Å². The lowest BCUT2D eigenvalue weighted by Gasteiger charge is -2.09. The van der Waals surface area contributed by atoms with Crippen molar-refractivity contribution in [3.8, 4) is 0 Å². The van der Waals surface area contributed by atoms with E-state index in [0.717, 1.165) is 25.7 Å². The van der Waals surface area contributed by atoms with Crippen molar-refractivity contribution in [2.45, 2.75) is 46.0 Å². The van der Waals surface area contributed by atoms with Crippen molar-refractivity contribution in [3.63, 3.8) is 0 Å². The van der Waals surface area contributed by atoms with Gasteiger partial charge in [0, 0.05) is 19.8 Å². The molecule has 0 atom stereocenters. The molecule has 0 aliphatic heterocycles. The minimum atomic E-state index is -0.316. The first-order valence-electron chi connectivity index (χ1n) is 5.28. The third-order valence-electron chi connectivity index (χ3n) is 1.90. The van der Waals surface area contributed by atoms with Crippen LogP contribution in [0.5, 0.6) is 0 Å². The summed E-state index contributed by atoms with van der Waals surface area (Å²) in [4.78, 5) is 10.9. The van der Waals surface area contributed by atoms with E-state index in [9.17, 15) is 4.79 Å². The van der Waals surface area contributed by atoms with Gasteiger partial charge in [0.05, 0.1) is 5.03 Å². The highest BCUT2D eigenvalue weighted by Gasteiger charge is 2.07. The van der Waals surface area contributed by atoms with Crippen LogP contribution in [-0.2, 0) is 9.53 Å². The molecule has 0 saturated carbocycles. The highest BCUT2D eigenvalue weighted by molar-refractivity contribution is 6.30. The zero-order chi connectivity index (χ0) is 11.7. The molecule has 0 radical (unpaired) electrons. The second kappa shape index (κ2) is 8.54. The summed E-state index contributed by atoms with van der Waals surface area (Å²) in [5.41, 5.74) is 0. The van der Waals surface area contributed by atoms with Crippen LogP contribution in [-0.4, -0.2) is 5.97 Å². The van der Waals surface area contributed by atoms with E-state index in [4.69, 9.17) is 16.3 Å². The number of esters is 1. The Morgan fingerprint density at radius 2 is 2.13 bits per heavy atom. The molecular weight excluding hydrogens is 212 g/mol. The molecule has 0 bridgehead atoms. The summed E-state index contributed by atoms with van der Waals surface area (Å²) in [5, 5.41) is 0.580. The van der Waals surface area contributed by atoms with Crippen molar-refractivity contribution >= 4 is 17.6 Å². The molecule has 0 fully saturated rings. The van der Waals surface area contributed by atoms with Gasteiger partial charge in [0.1, 0.15) is 5.76 Å². The molecule has 0 spiro atoms. The number of carbonyl (C=O) groups excluding carboxylic acids is 1. The Kier molecular flexibility index (Phi) is 8.11. The summed E-state index contributed by atoms with van der Waals surface area (Å²) in [6.45, 7) is 7.11. The maximum Gasteiger partial charge on any atom is 0.307 e. The van der Waals surface area contributed by atoms with Crippen LogP contribution in [0.25, 0.3) is 0 Å². The number of allylic oxidation sites excluding steroid dienone is 3. The van der Waals surface area contributed by atoms with Gasteiger partial charge in [0.25, 0.3) is 0 Å². The van der Waals surface area contributed by atoms with Crippen molar-refractivity contribution in [2.24, 2.45) is 0 Å². The fraction of sp³-hybridized carbons (Fsp3) is 0.583. The Labute approximate surface area is 97.0 Å². The third-order valence-corrected chi connectivity index (χ3v) is 2.27. The van der Waals surface area contributed by atoms with E-state index < -0.39 is 0 Å². The molecule has 0 aromatic rings. The molecular formula is C12H19ClO2. The molecule has 0 aromatic heterocycles. The predicted molar refractivity (Wildman–Crippen MR) is 63.6 cm³/mol. The number of rotatable bonds is 7. The summed E-state index contributed by atoms with van der Waals surface area (Å²) in [7, 11) is 0. The first-order valence-corrected chi connectivity index (χ1v) is 5.66. The summed E-state index contributed by atoms with van der Waals surface area (Å²) in [6.07, 6.45) is 6.21. The van der Waals surface area contributed by atoms with E-state index in [1.165, 1.54) is 6.92 Å². The molecule has 0 heterocycles. The molecule has 0 aliphatic carbocycles. The van der Waals surface area contributed by atoms with Gasteiger partial charge in [-0.3, -0.25) is 4.79 Å². The van der Waals surface area contributed by atoms with E-state index in [0.29, 0.717) is 17.2 Å². The summed E-state index contributed by atoms with van der Waals surface area (Å²) < 4.78 is 5.07. The topological polar surface area (TPSA) is 26.3 Å². The highest BCUT2D eigenvalue weighted by atomic mass is 35.5. The molecule has 0 aromatic carbocycles. The zero-order valence-electron chi connectivity index (χ0n) is 9.51. The van der Waals surface area contributed by atoms with Crippen LogP contribution < -0.4 is 0 Å². The largest absolute Gasteiger partial charge is 0.430 e. The van der Waals surface area contributed by atoms with E-state index in [1.54, 1.807) is 6.08 Å². The SMILES string of the molecule is C=CC/C(Cl)=C(\CCCCC)OC(C)=O. The van der Waals surface area contributed by atoms with Crippen molar-refractivity contribution in [2.75, 3.05) is 0 Å². The Balaban J connectivity index is 4.34. The second-order valence-corrected chi connectivity index (χ2v) is 3.83. The number of hydrogen-bond acceptors (Lipinski definition) is 2. The van der Waals surface area contributed by atoms with Gasteiger partial charge < -0.3 is 4.74 Å². The highest BCUT2D eigenvalue weighted by Crippen LogP contribution is 2.21. The molecule has 15 heavy (non-hydrogen) atoms. The van der Waals surface area contributed by atoms with E-state index >= 15 is 0 Å². The summed E-state index contributed by atoms with van der Waals surface area (Å²) in [6, 6.07) is 0. The van der Waals surface area contributed by atoms with Gasteiger partial charge in [-0.1, -0.05) is 37.4 Å². The van der Waals surface area contributed by atoms with Crippen LogP contribution in [0.3, 0.4) is 0 Å². The standard InChI is InChI=1S/C12H19ClO2/c1-4-6-7-9-12(15-10(3)14)11(13)8-5-2/h5H,2,4,6-9H2,1,3H3/b12-11-. The molecule has 0 amide bonds. The number of hydrogen-bond donors (Lipinski definition) is 0. The van der Waals surface area contributed by atoms with Gasteiger partial charge in [-0.25, -0.2) is 0 Å². The lowest BCUT2D eigenvalue weighted by Crippen LogP contribution is -2.01.